The van der Waals surface area contributed by atoms with Crippen molar-refractivity contribution < 1.29 is 9.36 Å². The molecule has 0 unspecified atom stereocenters. The minimum Gasteiger partial charge on any atom is -0.320 e. The summed E-state index contributed by atoms with van der Waals surface area (Å²) in [5.41, 5.74) is 4.34. The molecule has 0 atom stereocenters. The molecule has 110 valence electrons. The molecule has 3 aromatic rings. The Bertz CT molecular complexity index is 825. The predicted molar refractivity (Wildman–Crippen MR) is 86.7 cm³/mol. The molecule has 0 spiro atoms. The molecule has 3 rings (SSSR count). The van der Waals surface area contributed by atoms with Crippen molar-refractivity contribution in [2.24, 2.45) is 7.05 Å². The zero-order chi connectivity index (χ0) is 15.5. The number of carbonyl (C=O) groups excluding carboxylic acids is 1. The quantitative estimate of drug-likeness (QED) is 0.755. The van der Waals surface area contributed by atoms with Gasteiger partial charge in [0.15, 0.2) is 11.7 Å². The van der Waals surface area contributed by atoms with Gasteiger partial charge in [-0.1, -0.05) is 25.1 Å². The average Bonchev–Trinajstić information content (AvgIpc) is 2.56. The van der Waals surface area contributed by atoms with Crippen LogP contribution < -0.4 is 9.88 Å². The van der Waals surface area contributed by atoms with Crippen molar-refractivity contribution in [3.63, 3.8) is 0 Å². The Labute approximate surface area is 129 Å². The topological polar surface area (TPSA) is 45.9 Å². The number of rotatable bonds is 3. The summed E-state index contributed by atoms with van der Waals surface area (Å²) in [7, 11) is 1.96. The van der Waals surface area contributed by atoms with E-state index in [2.05, 4.69) is 17.2 Å². The minimum atomic E-state index is -0.122. The summed E-state index contributed by atoms with van der Waals surface area (Å²) in [5, 5.41) is 2.95. The highest BCUT2D eigenvalue weighted by Crippen LogP contribution is 2.19. The highest BCUT2D eigenvalue weighted by atomic mass is 16.1. The van der Waals surface area contributed by atoms with Gasteiger partial charge in [0.2, 0.25) is 5.52 Å². The molecule has 0 saturated carbocycles. The summed E-state index contributed by atoms with van der Waals surface area (Å²) in [6.07, 6.45) is 4.58. The van der Waals surface area contributed by atoms with Gasteiger partial charge in [0.1, 0.15) is 7.05 Å². The number of hydrogen-bond acceptors (Lipinski definition) is 2. The van der Waals surface area contributed by atoms with Crippen molar-refractivity contribution in [1.82, 2.24) is 4.98 Å². The van der Waals surface area contributed by atoms with Gasteiger partial charge < -0.3 is 5.32 Å². The monoisotopic (exact) mass is 292 g/mol. The molecule has 0 saturated heterocycles. The zero-order valence-electron chi connectivity index (χ0n) is 12.7. The van der Waals surface area contributed by atoms with E-state index in [0.29, 0.717) is 5.56 Å². The van der Waals surface area contributed by atoms with E-state index in [1.54, 1.807) is 6.20 Å². The molecule has 1 amide bonds. The zero-order valence-corrected chi connectivity index (χ0v) is 12.7. The van der Waals surface area contributed by atoms with Crippen LogP contribution in [0, 0.1) is 0 Å². The normalized spacial score (nSPS) is 10.6. The number of nitrogens with zero attached hydrogens (tertiary/aromatic N) is 2. The van der Waals surface area contributed by atoms with Gasteiger partial charge in [-0.15, -0.1) is 0 Å². The summed E-state index contributed by atoms with van der Waals surface area (Å²) in [5.74, 6) is -0.122. The lowest BCUT2D eigenvalue weighted by Gasteiger charge is -2.07. The molecule has 2 aromatic carbocycles. The van der Waals surface area contributed by atoms with Gasteiger partial charge >= 0.3 is 0 Å². The summed E-state index contributed by atoms with van der Waals surface area (Å²) in [4.78, 5) is 16.8. The van der Waals surface area contributed by atoms with Crippen LogP contribution in [0.25, 0.3) is 11.0 Å². The Morgan fingerprint density at radius 3 is 2.68 bits per heavy atom. The minimum absolute atomic E-state index is 0.122. The van der Waals surface area contributed by atoms with E-state index in [0.717, 1.165) is 23.1 Å². The van der Waals surface area contributed by atoms with Gasteiger partial charge in [0.25, 0.3) is 5.91 Å². The van der Waals surface area contributed by atoms with Gasteiger partial charge in [-0.05, 0) is 30.2 Å². The molecule has 0 aliphatic heterocycles. The van der Waals surface area contributed by atoms with E-state index in [1.165, 1.54) is 5.56 Å². The van der Waals surface area contributed by atoms with Gasteiger partial charge in [0.05, 0.1) is 11.9 Å². The van der Waals surface area contributed by atoms with Gasteiger partial charge in [-0.3, -0.25) is 4.79 Å². The van der Waals surface area contributed by atoms with Crippen molar-refractivity contribution in [1.29, 1.82) is 0 Å². The second kappa shape index (κ2) is 5.93. The van der Waals surface area contributed by atoms with Crippen molar-refractivity contribution in [2.45, 2.75) is 13.3 Å². The number of hydrogen-bond donors (Lipinski definition) is 1. The standard InChI is InChI=1S/C18H17N3O/c1-3-13-7-9-14(10-8-13)18(22)20-15-5-4-6-16-17(15)19-11-12-21(16)2/h4-12H,3H2,1-2H3/p+1. The molecule has 1 heterocycles. The van der Waals surface area contributed by atoms with E-state index in [-0.39, 0.29) is 5.91 Å². The molecular weight excluding hydrogens is 274 g/mol. The van der Waals surface area contributed by atoms with Crippen LogP contribution in [0.4, 0.5) is 5.69 Å². The number of benzene rings is 2. The van der Waals surface area contributed by atoms with E-state index in [4.69, 9.17) is 0 Å². The van der Waals surface area contributed by atoms with Crippen LogP contribution in [-0.2, 0) is 13.5 Å². The first-order valence-corrected chi connectivity index (χ1v) is 7.32. The number of aromatic nitrogens is 2. The number of aryl methyl sites for hydroxylation is 2. The summed E-state index contributed by atoms with van der Waals surface area (Å²) in [6, 6.07) is 13.4. The van der Waals surface area contributed by atoms with Crippen LogP contribution in [0.5, 0.6) is 0 Å². The Kier molecular flexibility index (Phi) is 3.83. The lowest BCUT2D eigenvalue weighted by Crippen LogP contribution is -2.28. The molecule has 0 radical (unpaired) electrons. The molecular formula is C18H18N3O+. The first-order chi connectivity index (χ1) is 10.7. The van der Waals surface area contributed by atoms with Crippen LogP contribution in [0.3, 0.4) is 0 Å². The van der Waals surface area contributed by atoms with E-state index < -0.39 is 0 Å². The Balaban J connectivity index is 1.92. The number of fused-ring (bicyclic) bond motifs is 1. The van der Waals surface area contributed by atoms with Crippen LogP contribution >= 0.6 is 0 Å². The first-order valence-electron chi connectivity index (χ1n) is 7.32. The number of para-hydroxylation sites is 1. The third-order valence-corrected chi connectivity index (χ3v) is 3.76. The maximum atomic E-state index is 12.4. The number of nitrogens with one attached hydrogen (secondary N) is 1. The Hall–Kier alpha value is -2.75. The molecule has 1 aromatic heterocycles. The maximum absolute atomic E-state index is 12.4. The van der Waals surface area contributed by atoms with E-state index >= 15 is 0 Å². The van der Waals surface area contributed by atoms with E-state index in [1.807, 2.05) is 60.3 Å². The second-order valence-electron chi connectivity index (χ2n) is 5.22. The molecule has 0 aliphatic carbocycles. The summed E-state index contributed by atoms with van der Waals surface area (Å²) < 4.78 is 1.98. The van der Waals surface area contributed by atoms with Crippen LogP contribution in [0.15, 0.2) is 54.9 Å². The molecule has 4 nitrogen and oxygen atoms in total. The molecule has 4 heteroatoms. The lowest BCUT2D eigenvalue weighted by atomic mass is 10.1. The SMILES string of the molecule is CCc1ccc(C(=O)Nc2cccc3c2ncc[n+]3C)cc1. The number of amides is 1. The molecule has 22 heavy (non-hydrogen) atoms. The number of anilines is 1. The van der Waals surface area contributed by atoms with Gasteiger partial charge in [0, 0.05) is 11.6 Å². The molecule has 0 fully saturated rings. The number of carbonyl (C=O) groups is 1. The van der Waals surface area contributed by atoms with Crippen molar-refractivity contribution in [3.8, 4) is 0 Å². The van der Waals surface area contributed by atoms with Gasteiger partial charge in [-0.2, -0.15) is 4.57 Å². The van der Waals surface area contributed by atoms with Gasteiger partial charge in [-0.25, -0.2) is 4.98 Å². The highest BCUT2D eigenvalue weighted by Gasteiger charge is 2.12. The third-order valence-electron chi connectivity index (χ3n) is 3.76. The molecule has 1 N–H and O–H groups in total. The lowest BCUT2D eigenvalue weighted by molar-refractivity contribution is -0.645. The second-order valence-corrected chi connectivity index (χ2v) is 5.22. The Morgan fingerprint density at radius 2 is 1.95 bits per heavy atom. The van der Waals surface area contributed by atoms with Crippen molar-refractivity contribution in [3.05, 3.63) is 66.0 Å². The smallest absolute Gasteiger partial charge is 0.255 e. The first kappa shape index (κ1) is 14.2. The summed E-state index contributed by atoms with van der Waals surface area (Å²) >= 11 is 0. The molecule has 0 aliphatic rings. The van der Waals surface area contributed by atoms with Crippen molar-refractivity contribution in [2.75, 3.05) is 5.32 Å². The molecule has 0 bridgehead atoms. The van der Waals surface area contributed by atoms with Crippen LogP contribution in [0.1, 0.15) is 22.8 Å². The average molecular weight is 292 g/mol. The fourth-order valence-electron chi connectivity index (χ4n) is 2.43. The van der Waals surface area contributed by atoms with Crippen LogP contribution in [-0.4, -0.2) is 10.9 Å². The fourth-order valence-corrected chi connectivity index (χ4v) is 2.43. The fraction of sp³-hybridized carbons (Fsp3) is 0.167. The predicted octanol–water partition coefficient (Wildman–Crippen LogP) is 2.87. The van der Waals surface area contributed by atoms with Crippen molar-refractivity contribution >= 4 is 22.6 Å². The maximum Gasteiger partial charge on any atom is 0.255 e. The highest BCUT2D eigenvalue weighted by molar-refractivity contribution is 6.07. The van der Waals surface area contributed by atoms with E-state index in [9.17, 15) is 4.79 Å². The van der Waals surface area contributed by atoms with Crippen LogP contribution in [0.2, 0.25) is 0 Å². The Morgan fingerprint density at radius 1 is 1.18 bits per heavy atom. The largest absolute Gasteiger partial charge is 0.320 e. The third kappa shape index (κ3) is 2.68. The summed E-state index contributed by atoms with van der Waals surface area (Å²) in [6.45, 7) is 2.09.